The summed E-state index contributed by atoms with van der Waals surface area (Å²) in [5.74, 6) is -1.75. The van der Waals surface area contributed by atoms with Crippen LogP contribution < -0.4 is 5.32 Å². The summed E-state index contributed by atoms with van der Waals surface area (Å²) >= 11 is 0. The van der Waals surface area contributed by atoms with Crippen molar-refractivity contribution in [1.82, 2.24) is 5.32 Å². The largest absolute Gasteiger partial charge is 0.306 e. The maximum atomic E-state index is 14.4. The van der Waals surface area contributed by atoms with Gasteiger partial charge in [0.1, 0.15) is 17.5 Å². The van der Waals surface area contributed by atoms with Gasteiger partial charge in [-0.25, -0.2) is 13.2 Å². The first-order valence-electron chi connectivity index (χ1n) is 6.90. The second-order valence-electron chi connectivity index (χ2n) is 5.06. The van der Waals surface area contributed by atoms with Crippen molar-refractivity contribution in [3.63, 3.8) is 0 Å². The predicted molar refractivity (Wildman–Crippen MR) is 77.8 cm³/mol. The lowest BCUT2D eigenvalue weighted by Crippen LogP contribution is -2.25. The van der Waals surface area contributed by atoms with Crippen molar-refractivity contribution in [1.29, 1.82) is 0 Å². The van der Waals surface area contributed by atoms with E-state index in [2.05, 4.69) is 5.32 Å². The average molecular weight is 293 g/mol. The Labute approximate surface area is 122 Å². The van der Waals surface area contributed by atoms with Crippen LogP contribution in [0.3, 0.4) is 0 Å². The lowest BCUT2D eigenvalue weighted by Gasteiger charge is -2.22. The fourth-order valence-electron chi connectivity index (χ4n) is 2.41. The van der Waals surface area contributed by atoms with Crippen molar-refractivity contribution in [2.24, 2.45) is 0 Å². The van der Waals surface area contributed by atoms with E-state index in [1.54, 1.807) is 32.0 Å². The first kappa shape index (κ1) is 15.6. The number of nitrogens with one attached hydrogen (secondary N) is 1. The first-order valence-corrected chi connectivity index (χ1v) is 6.90. The zero-order valence-corrected chi connectivity index (χ0v) is 12.3. The molecule has 0 saturated heterocycles. The third-order valence-corrected chi connectivity index (χ3v) is 3.55. The van der Waals surface area contributed by atoms with Crippen molar-refractivity contribution >= 4 is 0 Å². The van der Waals surface area contributed by atoms with Crippen molar-refractivity contribution in [3.8, 4) is 0 Å². The van der Waals surface area contributed by atoms with Gasteiger partial charge in [0.2, 0.25) is 0 Å². The minimum atomic E-state index is -0.852. The van der Waals surface area contributed by atoms with E-state index in [0.29, 0.717) is 17.7 Å². The van der Waals surface area contributed by atoms with Crippen LogP contribution in [0.1, 0.15) is 35.2 Å². The second-order valence-corrected chi connectivity index (χ2v) is 5.06. The summed E-state index contributed by atoms with van der Waals surface area (Å²) < 4.78 is 42.8. The molecule has 0 radical (unpaired) electrons. The van der Waals surface area contributed by atoms with E-state index in [4.69, 9.17) is 0 Å². The van der Waals surface area contributed by atoms with Crippen LogP contribution in [-0.2, 0) is 0 Å². The molecule has 2 aromatic rings. The molecule has 0 amide bonds. The minimum absolute atomic E-state index is 0.138. The Morgan fingerprint density at radius 3 is 2.29 bits per heavy atom. The molecule has 0 aliphatic heterocycles. The molecule has 0 aliphatic carbocycles. The third kappa shape index (κ3) is 2.95. The molecule has 1 unspecified atom stereocenters. The lowest BCUT2D eigenvalue weighted by atomic mass is 9.94. The van der Waals surface area contributed by atoms with Gasteiger partial charge in [0.05, 0.1) is 6.04 Å². The molecule has 4 heteroatoms. The zero-order valence-electron chi connectivity index (χ0n) is 12.3. The fraction of sp³-hybridized carbons (Fsp3) is 0.294. The Kier molecular flexibility index (Phi) is 4.68. The number of hydrogen-bond donors (Lipinski definition) is 1. The quantitative estimate of drug-likeness (QED) is 0.880. The van der Waals surface area contributed by atoms with Crippen molar-refractivity contribution in [2.45, 2.75) is 26.8 Å². The van der Waals surface area contributed by atoms with Gasteiger partial charge in [-0.1, -0.05) is 31.2 Å². The van der Waals surface area contributed by atoms with Crippen LogP contribution in [0.5, 0.6) is 0 Å². The molecule has 0 bridgehead atoms. The summed E-state index contributed by atoms with van der Waals surface area (Å²) in [7, 11) is 0. The zero-order chi connectivity index (χ0) is 15.6. The minimum Gasteiger partial charge on any atom is -0.306 e. The van der Waals surface area contributed by atoms with Gasteiger partial charge < -0.3 is 5.32 Å². The van der Waals surface area contributed by atoms with E-state index in [1.807, 2.05) is 6.92 Å². The summed E-state index contributed by atoms with van der Waals surface area (Å²) in [6, 6.07) is 6.61. The lowest BCUT2D eigenvalue weighted by molar-refractivity contribution is 0.491. The summed E-state index contributed by atoms with van der Waals surface area (Å²) in [6.07, 6.45) is 0. The highest BCUT2D eigenvalue weighted by Crippen LogP contribution is 2.30. The number of benzene rings is 2. The van der Waals surface area contributed by atoms with Gasteiger partial charge in [0.25, 0.3) is 0 Å². The molecule has 0 aromatic heterocycles. The smallest absolute Gasteiger partial charge is 0.134 e. The van der Waals surface area contributed by atoms with Crippen molar-refractivity contribution in [3.05, 3.63) is 70.0 Å². The molecule has 0 aliphatic rings. The van der Waals surface area contributed by atoms with Crippen molar-refractivity contribution in [2.75, 3.05) is 6.54 Å². The highest BCUT2D eigenvalue weighted by Gasteiger charge is 2.25. The highest BCUT2D eigenvalue weighted by atomic mass is 19.1. The van der Waals surface area contributed by atoms with E-state index in [-0.39, 0.29) is 11.1 Å². The molecule has 1 N–H and O–H groups in total. The van der Waals surface area contributed by atoms with Crippen LogP contribution in [0.2, 0.25) is 0 Å². The van der Waals surface area contributed by atoms with Crippen LogP contribution in [0.15, 0.2) is 30.3 Å². The predicted octanol–water partition coefficient (Wildman–Crippen LogP) is 4.42. The number of hydrogen-bond acceptors (Lipinski definition) is 1. The Morgan fingerprint density at radius 2 is 1.62 bits per heavy atom. The second kappa shape index (κ2) is 6.31. The van der Waals surface area contributed by atoms with Crippen LogP contribution in [-0.4, -0.2) is 6.54 Å². The molecule has 2 rings (SSSR count). The SMILES string of the molecule is CCNC(c1cccc(C)c1F)c1c(F)ccc(C)c1F. The topological polar surface area (TPSA) is 12.0 Å². The molecule has 1 nitrogen and oxygen atoms in total. The summed E-state index contributed by atoms with van der Waals surface area (Å²) in [5.41, 5.74) is 0.896. The molecule has 0 fully saturated rings. The van der Waals surface area contributed by atoms with Crippen molar-refractivity contribution < 1.29 is 13.2 Å². The monoisotopic (exact) mass is 293 g/mol. The van der Waals surface area contributed by atoms with E-state index in [1.165, 1.54) is 12.1 Å². The van der Waals surface area contributed by atoms with Crippen LogP contribution in [0.4, 0.5) is 13.2 Å². The van der Waals surface area contributed by atoms with Gasteiger partial charge in [-0.05, 0) is 37.6 Å². The Bertz CT molecular complexity index is 653. The average Bonchev–Trinajstić information content (AvgIpc) is 2.45. The molecule has 2 aromatic carbocycles. The van der Waals surface area contributed by atoms with E-state index >= 15 is 0 Å². The molecule has 0 heterocycles. The van der Waals surface area contributed by atoms with Gasteiger partial charge >= 0.3 is 0 Å². The highest BCUT2D eigenvalue weighted by molar-refractivity contribution is 5.38. The van der Waals surface area contributed by atoms with Gasteiger partial charge in [0.15, 0.2) is 0 Å². The first-order chi connectivity index (χ1) is 9.97. The Morgan fingerprint density at radius 1 is 0.952 bits per heavy atom. The normalized spacial score (nSPS) is 12.5. The van der Waals surface area contributed by atoms with E-state index < -0.39 is 23.5 Å². The summed E-state index contributed by atoms with van der Waals surface area (Å²) in [6.45, 7) is 5.47. The van der Waals surface area contributed by atoms with Crippen LogP contribution in [0.25, 0.3) is 0 Å². The van der Waals surface area contributed by atoms with Crippen LogP contribution in [0, 0.1) is 31.3 Å². The maximum Gasteiger partial charge on any atom is 0.134 e. The number of halogens is 3. The standard InChI is InChI=1S/C17H18F3N/c1-4-21-17(12-7-5-6-10(2)15(12)19)14-13(18)9-8-11(3)16(14)20/h5-9,17,21H,4H2,1-3H3. The molecule has 112 valence electrons. The van der Waals surface area contributed by atoms with Gasteiger partial charge in [-0.2, -0.15) is 0 Å². The van der Waals surface area contributed by atoms with E-state index in [9.17, 15) is 13.2 Å². The Balaban J connectivity index is 2.65. The molecule has 0 saturated carbocycles. The van der Waals surface area contributed by atoms with Gasteiger partial charge in [0, 0.05) is 11.1 Å². The van der Waals surface area contributed by atoms with Crippen LogP contribution >= 0.6 is 0 Å². The van der Waals surface area contributed by atoms with Gasteiger partial charge in [-0.3, -0.25) is 0 Å². The number of rotatable bonds is 4. The maximum absolute atomic E-state index is 14.4. The third-order valence-electron chi connectivity index (χ3n) is 3.55. The Hall–Kier alpha value is -1.81. The molecular weight excluding hydrogens is 275 g/mol. The number of aryl methyl sites for hydroxylation is 2. The summed E-state index contributed by atoms with van der Waals surface area (Å²) in [4.78, 5) is 0. The molecule has 1 atom stereocenters. The van der Waals surface area contributed by atoms with E-state index in [0.717, 1.165) is 0 Å². The van der Waals surface area contributed by atoms with Gasteiger partial charge in [-0.15, -0.1) is 0 Å². The molecule has 21 heavy (non-hydrogen) atoms. The fourth-order valence-corrected chi connectivity index (χ4v) is 2.41. The molecular formula is C17H18F3N. The molecule has 0 spiro atoms. The summed E-state index contributed by atoms with van der Waals surface area (Å²) in [5, 5.41) is 2.97.